The van der Waals surface area contributed by atoms with E-state index in [1.807, 2.05) is 4.90 Å². The van der Waals surface area contributed by atoms with E-state index in [9.17, 15) is 9.59 Å². The number of hydrogen-bond donors (Lipinski definition) is 1. The smallest absolute Gasteiger partial charge is 0.231 e. The molecular formula is C20H29N3O2. The van der Waals surface area contributed by atoms with Crippen LogP contribution in [-0.2, 0) is 22.4 Å². The van der Waals surface area contributed by atoms with E-state index in [0.29, 0.717) is 6.54 Å². The van der Waals surface area contributed by atoms with Gasteiger partial charge in [0, 0.05) is 19.1 Å². The zero-order valence-corrected chi connectivity index (χ0v) is 15.1. The lowest BCUT2D eigenvalue weighted by atomic mass is 9.95. The van der Waals surface area contributed by atoms with Crippen LogP contribution in [0.15, 0.2) is 24.3 Å². The molecule has 0 saturated carbocycles. The maximum Gasteiger partial charge on any atom is 0.231 e. The summed E-state index contributed by atoms with van der Waals surface area (Å²) < 4.78 is 0. The Balaban J connectivity index is 1.68. The average Bonchev–Trinajstić information content (AvgIpc) is 3.02. The number of carbonyl (C=O) groups is 2. The number of rotatable bonds is 6. The minimum absolute atomic E-state index is 0.0108. The molecule has 25 heavy (non-hydrogen) atoms. The Morgan fingerprint density at radius 3 is 2.52 bits per heavy atom. The summed E-state index contributed by atoms with van der Waals surface area (Å²) in [6, 6.07) is 8.79. The Morgan fingerprint density at radius 2 is 1.92 bits per heavy atom. The normalized spacial score (nSPS) is 21.1. The fourth-order valence-electron chi connectivity index (χ4n) is 4.33. The van der Waals surface area contributed by atoms with Crippen molar-refractivity contribution in [3.63, 3.8) is 0 Å². The van der Waals surface area contributed by atoms with Crippen molar-refractivity contribution in [3.05, 3.63) is 35.4 Å². The zero-order chi connectivity index (χ0) is 17.8. The number of benzene rings is 1. The first-order valence-corrected chi connectivity index (χ1v) is 9.46. The maximum absolute atomic E-state index is 13.2. The third kappa shape index (κ3) is 4.21. The van der Waals surface area contributed by atoms with Crippen LogP contribution in [-0.4, -0.2) is 53.8 Å². The van der Waals surface area contributed by atoms with Gasteiger partial charge in [-0.3, -0.25) is 14.5 Å². The summed E-state index contributed by atoms with van der Waals surface area (Å²) in [5.41, 5.74) is 8.08. The fraction of sp³-hybridized carbons (Fsp3) is 0.600. The second-order valence-electron chi connectivity index (χ2n) is 7.40. The van der Waals surface area contributed by atoms with Crippen LogP contribution in [0, 0.1) is 5.92 Å². The molecule has 1 unspecified atom stereocenters. The monoisotopic (exact) mass is 343 g/mol. The van der Waals surface area contributed by atoms with Gasteiger partial charge in [-0.1, -0.05) is 31.2 Å². The van der Waals surface area contributed by atoms with E-state index < -0.39 is 0 Å². The first-order valence-electron chi connectivity index (χ1n) is 9.46. The highest BCUT2D eigenvalue weighted by atomic mass is 16.2. The maximum atomic E-state index is 13.2. The number of amides is 2. The number of primary amides is 1. The van der Waals surface area contributed by atoms with Crippen molar-refractivity contribution in [2.24, 2.45) is 11.7 Å². The molecule has 0 spiro atoms. The molecule has 2 N–H and O–H groups in total. The van der Waals surface area contributed by atoms with E-state index in [-0.39, 0.29) is 30.3 Å². The highest BCUT2D eigenvalue weighted by Crippen LogP contribution is 2.28. The van der Waals surface area contributed by atoms with E-state index in [1.54, 1.807) is 0 Å². The van der Waals surface area contributed by atoms with Crippen molar-refractivity contribution < 1.29 is 9.59 Å². The third-order valence-corrected chi connectivity index (χ3v) is 5.45. The number of nitrogens with zero attached hydrogens (tertiary/aromatic N) is 2. The molecule has 2 amide bonds. The van der Waals surface area contributed by atoms with Gasteiger partial charge in [-0.25, -0.2) is 0 Å². The standard InChI is InChI=1S/C20H29N3O2/c1-2-9-23(18-11-15-6-3-4-7-16(15)12-18)20(25)17-8-5-10-22(13-17)14-19(21)24/h3-4,6-7,17-18H,2,5,8-14H2,1H3,(H2,21,24). The molecule has 1 heterocycles. The van der Waals surface area contributed by atoms with Gasteiger partial charge in [0.1, 0.15) is 0 Å². The molecule has 1 aliphatic heterocycles. The van der Waals surface area contributed by atoms with Crippen LogP contribution in [0.1, 0.15) is 37.3 Å². The van der Waals surface area contributed by atoms with Gasteiger partial charge in [0.05, 0.1) is 12.5 Å². The molecular weight excluding hydrogens is 314 g/mol. The molecule has 136 valence electrons. The van der Waals surface area contributed by atoms with Crippen LogP contribution < -0.4 is 5.73 Å². The predicted molar refractivity (Wildman–Crippen MR) is 98.0 cm³/mol. The van der Waals surface area contributed by atoms with E-state index in [0.717, 1.165) is 45.2 Å². The van der Waals surface area contributed by atoms with Crippen LogP contribution >= 0.6 is 0 Å². The topological polar surface area (TPSA) is 66.6 Å². The van der Waals surface area contributed by atoms with Gasteiger partial charge in [-0.2, -0.15) is 0 Å². The molecule has 1 aromatic carbocycles. The Kier molecular flexibility index (Phi) is 5.74. The second kappa shape index (κ2) is 8.00. The van der Waals surface area contributed by atoms with Gasteiger partial charge < -0.3 is 10.6 Å². The predicted octanol–water partition coefficient (Wildman–Crippen LogP) is 1.59. The lowest BCUT2D eigenvalue weighted by Crippen LogP contribution is -2.50. The Labute approximate surface area is 150 Å². The van der Waals surface area contributed by atoms with Crippen LogP contribution in [0.4, 0.5) is 0 Å². The van der Waals surface area contributed by atoms with Crippen LogP contribution in [0.5, 0.6) is 0 Å². The van der Waals surface area contributed by atoms with Crippen molar-refractivity contribution in [2.45, 2.75) is 45.1 Å². The van der Waals surface area contributed by atoms with E-state index in [4.69, 9.17) is 5.73 Å². The van der Waals surface area contributed by atoms with Crippen molar-refractivity contribution in [3.8, 4) is 0 Å². The zero-order valence-electron chi connectivity index (χ0n) is 15.1. The van der Waals surface area contributed by atoms with Crippen molar-refractivity contribution in [2.75, 3.05) is 26.2 Å². The first-order chi connectivity index (χ1) is 12.1. The molecule has 5 heteroatoms. The molecule has 1 aromatic rings. The minimum Gasteiger partial charge on any atom is -0.369 e. The molecule has 0 bridgehead atoms. The number of fused-ring (bicyclic) bond motifs is 1. The molecule has 3 rings (SSSR count). The number of likely N-dealkylation sites (tertiary alicyclic amines) is 1. The summed E-state index contributed by atoms with van der Waals surface area (Å²) in [4.78, 5) is 28.6. The van der Waals surface area contributed by atoms with Gasteiger partial charge in [-0.15, -0.1) is 0 Å². The van der Waals surface area contributed by atoms with Crippen LogP contribution in [0.25, 0.3) is 0 Å². The Morgan fingerprint density at radius 1 is 1.24 bits per heavy atom. The minimum atomic E-state index is -0.315. The molecule has 0 aromatic heterocycles. The molecule has 5 nitrogen and oxygen atoms in total. The first kappa shape index (κ1) is 17.9. The molecule has 1 fully saturated rings. The Hall–Kier alpha value is -1.88. The average molecular weight is 343 g/mol. The molecule has 1 aliphatic carbocycles. The van der Waals surface area contributed by atoms with Gasteiger partial charge in [0.15, 0.2) is 0 Å². The van der Waals surface area contributed by atoms with Gasteiger partial charge in [0.2, 0.25) is 11.8 Å². The van der Waals surface area contributed by atoms with Gasteiger partial charge in [0.25, 0.3) is 0 Å². The molecule has 1 atom stereocenters. The van der Waals surface area contributed by atoms with Crippen LogP contribution in [0.2, 0.25) is 0 Å². The lowest BCUT2D eigenvalue weighted by molar-refractivity contribution is -0.140. The SMILES string of the molecule is CCCN(C(=O)C1CCCN(CC(N)=O)C1)C1Cc2ccccc2C1. The fourth-order valence-corrected chi connectivity index (χ4v) is 4.33. The van der Waals surface area contributed by atoms with Gasteiger partial charge >= 0.3 is 0 Å². The van der Waals surface area contributed by atoms with E-state index in [2.05, 4.69) is 36.1 Å². The number of carbonyl (C=O) groups excluding carboxylic acids is 2. The van der Waals surface area contributed by atoms with E-state index >= 15 is 0 Å². The third-order valence-electron chi connectivity index (χ3n) is 5.45. The van der Waals surface area contributed by atoms with Crippen molar-refractivity contribution >= 4 is 11.8 Å². The van der Waals surface area contributed by atoms with Crippen molar-refractivity contribution in [1.29, 1.82) is 0 Å². The summed E-state index contributed by atoms with van der Waals surface area (Å²) in [6.45, 7) is 4.70. The Bertz CT molecular complexity index is 606. The number of hydrogen-bond acceptors (Lipinski definition) is 3. The molecule has 0 radical (unpaired) electrons. The second-order valence-corrected chi connectivity index (χ2v) is 7.40. The summed E-state index contributed by atoms with van der Waals surface area (Å²) >= 11 is 0. The number of piperidine rings is 1. The summed E-state index contributed by atoms with van der Waals surface area (Å²) in [6.07, 6.45) is 4.75. The highest BCUT2D eigenvalue weighted by Gasteiger charge is 2.34. The highest BCUT2D eigenvalue weighted by molar-refractivity contribution is 5.80. The van der Waals surface area contributed by atoms with Crippen molar-refractivity contribution in [1.82, 2.24) is 9.80 Å². The molecule has 2 aliphatic rings. The van der Waals surface area contributed by atoms with E-state index in [1.165, 1.54) is 11.1 Å². The largest absolute Gasteiger partial charge is 0.369 e. The summed E-state index contributed by atoms with van der Waals surface area (Å²) in [7, 11) is 0. The molecule has 1 saturated heterocycles. The van der Waals surface area contributed by atoms with Crippen LogP contribution in [0.3, 0.4) is 0 Å². The summed E-state index contributed by atoms with van der Waals surface area (Å²) in [5.74, 6) is -0.0676. The summed E-state index contributed by atoms with van der Waals surface area (Å²) in [5, 5.41) is 0. The lowest BCUT2D eigenvalue weighted by Gasteiger charge is -2.36. The van der Waals surface area contributed by atoms with Gasteiger partial charge in [-0.05, 0) is 49.8 Å². The quantitative estimate of drug-likeness (QED) is 0.853. The number of nitrogens with two attached hydrogens (primary N) is 1.